The summed E-state index contributed by atoms with van der Waals surface area (Å²) in [6.45, 7) is 2.19. The van der Waals surface area contributed by atoms with Gasteiger partial charge in [0.25, 0.3) is 0 Å². The summed E-state index contributed by atoms with van der Waals surface area (Å²) in [5.74, 6) is 0.714. The van der Waals surface area contributed by atoms with Crippen LogP contribution < -0.4 is 0 Å². The molecule has 0 saturated carbocycles. The number of hydrogen-bond donors (Lipinski definition) is 0. The van der Waals surface area contributed by atoms with Crippen molar-refractivity contribution in [3.8, 4) is 11.4 Å². The monoisotopic (exact) mass is 328 g/mol. The number of likely N-dealkylation sites (N-methyl/N-ethyl adjacent to an activating group) is 1. The lowest BCUT2D eigenvalue weighted by Gasteiger charge is -2.13. The van der Waals surface area contributed by atoms with E-state index in [9.17, 15) is 4.79 Å². The third-order valence-electron chi connectivity index (χ3n) is 3.64. The number of amides is 1. The van der Waals surface area contributed by atoms with E-state index >= 15 is 0 Å². The van der Waals surface area contributed by atoms with Crippen molar-refractivity contribution < 1.29 is 4.79 Å². The summed E-state index contributed by atoms with van der Waals surface area (Å²) in [6, 6.07) is 9.41. The first-order valence-corrected chi connectivity index (χ1v) is 7.62. The van der Waals surface area contributed by atoms with Crippen LogP contribution in [0.25, 0.3) is 22.6 Å². The minimum Gasteiger partial charge on any atom is -0.347 e. The number of carbonyl (C=O) groups excluding carboxylic acids is 1. The molecule has 0 aliphatic heterocycles. The van der Waals surface area contributed by atoms with Crippen LogP contribution in [0.15, 0.2) is 36.5 Å². The Morgan fingerprint density at radius 2 is 1.96 bits per heavy atom. The van der Waals surface area contributed by atoms with Crippen LogP contribution in [0.1, 0.15) is 5.56 Å². The second-order valence-corrected chi connectivity index (χ2v) is 6.11. The molecule has 0 N–H and O–H groups in total. The van der Waals surface area contributed by atoms with E-state index in [1.165, 1.54) is 0 Å². The highest BCUT2D eigenvalue weighted by Gasteiger charge is 2.17. The zero-order valence-electron chi connectivity index (χ0n) is 13.2. The molecule has 6 heteroatoms. The summed E-state index contributed by atoms with van der Waals surface area (Å²) in [6.07, 6.45) is 1.78. The fourth-order valence-electron chi connectivity index (χ4n) is 2.36. The third kappa shape index (κ3) is 3.05. The molecule has 0 aliphatic carbocycles. The quantitative estimate of drug-likeness (QED) is 0.742. The van der Waals surface area contributed by atoms with Crippen LogP contribution in [0.5, 0.6) is 0 Å². The van der Waals surface area contributed by atoms with Gasteiger partial charge in [0.05, 0.1) is 5.52 Å². The van der Waals surface area contributed by atoms with Gasteiger partial charge >= 0.3 is 0 Å². The highest BCUT2D eigenvalue weighted by atomic mass is 35.5. The van der Waals surface area contributed by atoms with Gasteiger partial charge in [-0.25, -0.2) is 9.97 Å². The Labute approximate surface area is 139 Å². The van der Waals surface area contributed by atoms with E-state index in [1.54, 1.807) is 25.2 Å². The van der Waals surface area contributed by atoms with Crippen molar-refractivity contribution in [3.05, 3.63) is 47.1 Å². The molecule has 118 valence electrons. The second-order valence-electron chi connectivity index (χ2n) is 5.67. The number of imidazole rings is 1. The summed E-state index contributed by atoms with van der Waals surface area (Å²) >= 11 is 5.96. The normalized spacial score (nSPS) is 11.0. The molecule has 0 fully saturated rings. The predicted octanol–water partition coefficient (Wildman–Crippen LogP) is 3.15. The van der Waals surface area contributed by atoms with E-state index < -0.39 is 0 Å². The van der Waals surface area contributed by atoms with Gasteiger partial charge < -0.3 is 9.47 Å². The van der Waals surface area contributed by atoms with Crippen LogP contribution >= 0.6 is 11.6 Å². The smallest absolute Gasteiger partial charge is 0.242 e. The molecule has 23 heavy (non-hydrogen) atoms. The zero-order valence-corrected chi connectivity index (χ0v) is 14.0. The Balaban J connectivity index is 2.19. The molecule has 2 heterocycles. The lowest BCUT2D eigenvalue weighted by molar-refractivity contribution is -0.129. The first-order valence-electron chi connectivity index (χ1n) is 7.24. The Morgan fingerprint density at radius 3 is 2.61 bits per heavy atom. The van der Waals surface area contributed by atoms with Gasteiger partial charge in [-0.15, -0.1) is 0 Å². The number of hydrogen-bond acceptors (Lipinski definition) is 3. The minimum atomic E-state index is 0.000944. The van der Waals surface area contributed by atoms with Gasteiger partial charge in [0, 0.05) is 30.9 Å². The molecule has 3 rings (SSSR count). The molecule has 0 saturated heterocycles. The standard InChI is InChI=1S/C17H17ClN4O/c1-11-8-14-16(19-9-11)20-17(12-4-6-13(18)7-5-12)22(14)10-15(23)21(2)3/h4-9H,10H2,1-3H3. The predicted molar refractivity (Wildman–Crippen MR) is 91.4 cm³/mol. The first-order chi connectivity index (χ1) is 11.0. The zero-order chi connectivity index (χ0) is 16.6. The minimum absolute atomic E-state index is 0.000944. The number of pyridine rings is 1. The number of aromatic nitrogens is 3. The molecule has 0 spiro atoms. The highest BCUT2D eigenvalue weighted by molar-refractivity contribution is 6.30. The van der Waals surface area contributed by atoms with Gasteiger partial charge in [0.2, 0.25) is 5.91 Å². The van der Waals surface area contributed by atoms with Gasteiger partial charge in [-0.1, -0.05) is 11.6 Å². The van der Waals surface area contributed by atoms with Gasteiger partial charge in [-0.3, -0.25) is 4.79 Å². The second kappa shape index (κ2) is 6.01. The fraction of sp³-hybridized carbons (Fsp3) is 0.235. The van der Waals surface area contributed by atoms with Gasteiger partial charge in [-0.05, 0) is 42.8 Å². The average molecular weight is 329 g/mol. The van der Waals surface area contributed by atoms with Crippen molar-refractivity contribution >= 4 is 28.7 Å². The van der Waals surface area contributed by atoms with Crippen molar-refractivity contribution in [2.45, 2.75) is 13.5 Å². The van der Waals surface area contributed by atoms with E-state index in [2.05, 4.69) is 9.97 Å². The molecule has 0 atom stereocenters. The van der Waals surface area contributed by atoms with Gasteiger partial charge in [-0.2, -0.15) is 0 Å². The Bertz CT molecular complexity index is 868. The largest absolute Gasteiger partial charge is 0.347 e. The van der Waals surface area contributed by atoms with Crippen molar-refractivity contribution in [3.63, 3.8) is 0 Å². The van der Waals surface area contributed by atoms with Crippen LogP contribution in [0, 0.1) is 6.92 Å². The Hall–Kier alpha value is -2.40. The van der Waals surface area contributed by atoms with Gasteiger partial charge in [0.15, 0.2) is 5.65 Å². The number of aryl methyl sites for hydroxylation is 1. The number of nitrogens with zero attached hydrogens (tertiary/aromatic N) is 4. The molecular formula is C17H17ClN4O. The topological polar surface area (TPSA) is 51.0 Å². The first kappa shape index (κ1) is 15.5. The SMILES string of the molecule is Cc1cnc2nc(-c3ccc(Cl)cc3)n(CC(=O)N(C)C)c2c1. The van der Waals surface area contributed by atoms with E-state index in [-0.39, 0.29) is 12.5 Å². The lowest BCUT2D eigenvalue weighted by atomic mass is 10.2. The van der Waals surface area contributed by atoms with Crippen LogP contribution in [0.2, 0.25) is 5.02 Å². The molecule has 0 radical (unpaired) electrons. The Kier molecular flexibility index (Phi) is 4.05. The molecule has 0 aliphatic rings. The van der Waals surface area contributed by atoms with Crippen molar-refractivity contribution in [2.75, 3.05) is 14.1 Å². The molecule has 5 nitrogen and oxygen atoms in total. The molecular weight excluding hydrogens is 312 g/mol. The number of benzene rings is 1. The molecule has 1 amide bonds. The van der Waals surface area contributed by atoms with Crippen LogP contribution in [-0.4, -0.2) is 39.4 Å². The maximum absolute atomic E-state index is 12.2. The summed E-state index contributed by atoms with van der Waals surface area (Å²) in [5.41, 5.74) is 3.41. The van der Waals surface area contributed by atoms with Crippen LogP contribution in [-0.2, 0) is 11.3 Å². The van der Waals surface area contributed by atoms with E-state index in [4.69, 9.17) is 11.6 Å². The van der Waals surface area contributed by atoms with E-state index in [1.807, 2.05) is 41.8 Å². The summed E-state index contributed by atoms with van der Waals surface area (Å²) in [7, 11) is 3.49. The van der Waals surface area contributed by atoms with Crippen molar-refractivity contribution in [2.24, 2.45) is 0 Å². The maximum Gasteiger partial charge on any atom is 0.242 e. The van der Waals surface area contributed by atoms with E-state index in [0.717, 1.165) is 16.6 Å². The number of rotatable bonds is 3. The summed E-state index contributed by atoms with van der Waals surface area (Å²) in [5, 5.41) is 0.662. The average Bonchev–Trinajstić information content (AvgIpc) is 2.86. The molecule has 1 aromatic carbocycles. The van der Waals surface area contributed by atoms with Crippen molar-refractivity contribution in [1.29, 1.82) is 0 Å². The summed E-state index contributed by atoms with van der Waals surface area (Å²) in [4.78, 5) is 22.8. The Morgan fingerprint density at radius 1 is 1.26 bits per heavy atom. The number of carbonyl (C=O) groups is 1. The third-order valence-corrected chi connectivity index (χ3v) is 3.89. The van der Waals surface area contributed by atoms with Gasteiger partial charge in [0.1, 0.15) is 12.4 Å². The summed E-state index contributed by atoms with van der Waals surface area (Å²) < 4.78 is 1.90. The molecule has 2 aromatic heterocycles. The maximum atomic E-state index is 12.2. The molecule has 0 bridgehead atoms. The van der Waals surface area contributed by atoms with Crippen LogP contribution in [0.4, 0.5) is 0 Å². The van der Waals surface area contributed by atoms with Crippen molar-refractivity contribution in [1.82, 2.24) is 19.4 Å². The number of halogens is 1. The van der Waals surface area contributed by atoms with E-state index in [0.29, 0.717) is 16.5 Å². The van der Waals surface area contributed by atoms with Crippen LogP contribution in [0.3, 0.4) is 0 Å². The fourth-order valence-corrected chi connectivity index (χ4v) is 2.49. The molecule has 0 unspecified atom stereocenters. The number of fused-ring (bicyclic) bond motifs is 1. The lowest BCUT2D eigenvalue weighted by Crippen LogP contribution is -2.26. The molecule has 3 aromatic rings. The highest BCUT2D eigenvalue weighted by Crippen LogP contribution is 2.25.